The van der Waals surface area contributed by atoms with Crippen molar-refractivity contribution >= 4 is 7.82 Å². The van der Waals surface area contributed by atoms with Gasteiger partial charge >= 0.3 is 37.4 Å². The first-order chi connectivity index (χ1) is 2.00. The van der Waals surface area contributed by atoms with E-state index in [-0.39, 0.29) is 39.7 Å². The molecule has 0 aromatic carbocycles. The standard InChI is InChI=1S/FH.Na.H3O4P.H2O/c;;1-5(2,3)4;/h1H;;(H3,1,2,3,4);1H2/q;+1;;/p-1. The summed E-state index contributed by atoms with van der Waals surface area (Å²) in [4.78, 5) is 21.6. The molecule has 0 saturated heterocycles. The molecule has 0 aromatic heterocycles. The largest absolute Gasteiger partial charge is 1.00 e. The van der Waals surface area contributed by atoms with Crippen LogP contribution in [0.3, 0.4) is 0 Å². The number of rotatable bonds is 0. The molecule has 0 radical (unpaired) electrons. The van der Waals surface area contributed by atoms with Gasteiger partial charge in [-0.2, -0.15) is 0 Å². The Kier molecular flexibility index (Phi) is 23.0. The first-order valence-electron chi connectivity index (χ1n) is 0.783. The second-order valence-corrected chi connectivity index (χ2v) is 1.54. The molecule has 0 fully saturated rings. The van der Waals surface area contributed by atoms with Crippen molar-refractivity contribution in [1.29, 1.82) is 0 Å². The second kappa shape index (κ2) is 8.00. The van der Waals surface area contributed by atoms with E-state index in [4.69, 9.17) is 19.2 Å². The monoisotopic (exact) mass is 158 g/mol. The van der Waals surface area contributed by atoms with Crippen molar-refractivity contribution in [1.82, 2.24) is 0 Å². The van der Waals surface area contributed by atoms with E-state index in [1.54, 1.807) is 0 Å². The van der Waals surface area contributed by atoms with E-state index in [0.717, 1.165) is 0 Å². The zero-order valence-electron chi connectivity index (χ0n) is 4.08. The Morgan fingerprint density at radius 3 is 1.12 bits per heavy atom. The van der Waals surface area contributed by atoms with Gasteiger partial charge in [0.15, 0.2) is 0 Å². The molecule has 0 rings (SSSR count). The zero-order valence-corrected chi connectivity index (χ0v) is 6.97. The average Bonchev–Trinajstić information content (AvgIpc) is 0.722. The summed E-state index contributed by atoms with van der Waals surface area (Å²) in [5.74, 6) is 0. The van der Waals surface area contributed by atoms with Gasteiger partial charge in [-0.3, -0.25) is 0 Å². The fourth-order valence-electron chi connectivity index (χ4n) is 0. The van der Waals surface area contributed by atoms with Gasteiger partial charge in [-0.05, 0) is 0 Å². The van der Waals surface area contributed by atoms with Gasteiger partial charge in [0, 0.05) is 0 Å². The summed E-state index contributed by atoms with van der Waals surface area (Å²) in [6.07, 6.45) is 0. The van der Waals surface area contributed by atoms with Crippen molar-refractivity contribution in [2.24, 2.45) is 0 Å². The van der Waals surface area contributed by atoms with Gasteiger partial charge in [0.25, 0.3) is 0 Å². The Balaban J connectivity index is -0.0000000267. The van der Waals surface area contributed by atoms with Crippen LogP contribution in [0, 0.1) is 0 Å². The molecule has 8 heteroatoms. The molecule has 0 aliphatic rings. The van der Waals surface area contributed by atoms with Crippen LogP contribution in [0.1, 0.15) is 0 Å². The molecule has 0 heterocycles. The molecule has 5 N–H and O–H groups in total. The minimum absolute atomic E-state index is 0. The number of halogens is 1. The first kappa shape index (κ1) is 23.0. The van der Waals surface area contributed by atoms with Gasteiger partial charge in [-0.15, -0.1) is 0 Å². The summed E-state index contributed by atoms with van der Waals surface area (Å²) in [7, 11) is -4.64. The Morgan fingerprint density at radius 2 is 1.12 bits per heavy atom. The number of hydrogen-bond acceptors (Lipinski definition) is 1. The molecule has 0 aliphatic carbocycles. The molecule has 0 amide bonds. The minimum atomic E-state index is -4.64. The van der Waals surface area contributed by atoms with Gasteiger partial charge in [0.1, 0.15) is 0 Å². The van der Waals surface area contributed by atoms with Gasteiger partial charge in [0.05, 0.1) is 0 Å². The van der Waals surface area contributed by atoms with Crippen LogP contribution < -0.4 is 34.3 Å². The topological polar surface area (TPSA) is 109 Å². The molecule has 0 atom stereocenters. The quantitative estimate of drug-likeness (QED) is 0.240. The van der Waals surface area contributed by atoms with E-state index >= 15 is 0 Å². The van der Waals surface area contributed by atoms with Crippen molar-refractivity contribution in [3.05, 3.63) is 0 Å². The molecular weight excluding hydrogens is 153 g/mol. The van der Waals surface area contributed by atoms with Crippen LogP contribution in [-0.2, 0) is 4.57 Å². The fourth-order valence-corrected chi connectivity index (χ4v) is 0. The zero-order chi connectivity index (χ0) is 4.50. The molecule has 0 saturated carbocycles. The van der Waals surface area contributed by atoms with Gasteiger partial charge in [-0.1, -0.05) is 0 Å². The van der Waals surface area contributed by atoms with Crippen molar-refractivity contribution in [2.45, 2.75) is 0 Å². The van der Waals surface area contributed by atoms with Crippen molar-refractivity contribution in [2.75, 3.05) is 0 Å². The van der Waals surface area contributed by atoms with E-state index in [9.17, 15) is 0 Å². The predicted octanol–water partition coefficient (Wildman–Crippen LogP) is -7.75. The normalized spacial score (nSPS) is 7.38. The van der Waals surface area contributed by atoms with E-state index in [1.165, 1.54) is 0 Å². The van der Waals surface area contributed by atoms with Crippen LogP contribution in [0.25, 0.3) is 0 Å². The summed E-state index contributed by atoms with van der Waals surface area (Å²) in [6, 6.07) is 0. The van der Waals surface area contributed by atoms with Gasteiger partial charge < -0.3 is 24.9 Å². The van der Waals surface area contributed by atoms with Crippen LogP contribution in [-0.4, -0.2) is 20.2 Å². The average molecular weight is 158 g/mol. The van der Waals surface area contributed by atoms with Crippen molar-refractivity contribution in [3.63, 3.8) is 0 Å². The van der Waals surface area contributed by atoms with Crippen LogP contribution in [0.5, 0.6) is 0 Å². The smallest absolute Gasteiger partial charge is 1.00 e. The second-order valence-electron chi connectivity index (χ2n) is 0.513. The third-order valence-electron chi connectivity index (χ3n) is 0. The molecule has 5 nitrogen and oxygen atoms in total. The molecule has 0 aliphatic heterocycles. The minimum Gasteiger partial charge on any atom is -1.00 e. The SMILES string of the molecule is O.O=P(O)(O)O.[F-].[Na+]. The van der Waals surface area contributed by atoms with Crippen molar-refractivity contribution < 1.29 is 59.0 Å². The Labute approximate surface area is 66.9 Å². The molecule has 0 spiro atoms. The Bertz CT molecular complexity index is 58.6. The Hall–Kier alpha value is 1.00. The number of phosphoric acid groups is 1. The van der Waals surface area contributed by atoms with Crippen LogP contribution in [0.4, 0.5) is 0 Å². The molecule has 48 valence electrons. The van der Waals surface area contributed by atoms with Crippen molar-refractivity contribution in [3.8, 4) is 0 Å². The molecule has 0 bridgehead atoms. The van der Waals surface area contributed by atoms with E-state index < -0.39 is 7.82 Å². The van der Waals surface area contributed by atoms with Crippen LogP contribution in [0.2, 0.25) is 0 Å². The molecule has 0 aromatic rings. The summed E-state index contributed by atoms with van der Waals surface area (Å²) in [5.41, 5.74) is 0. The number of hydrogen-bond donors (Lipinski definition) is 3. The summed E-state index contributed by atoms with van der Waals surface area (Å²) in [5, 5.41) is 0. The third-order valence-corrected chi connectivity index (χ3v) is 0. The first-order valence-corrected chi connectivity index (χ1v) is 2.35. The predicted molar refractivity (Wildman–Crippen MR) is 17.9 cm³/mol. The van der Waals surface area contributed by atoms with Crippen LogP contribution >= 0.6 is 7.82 Å². The van der Waals surface area contributed by atoms with Crippen LogP contribution in [0.15, 0.2) is 0 Å². The van der Waals surface area contributed by atoms with E-state index in [0.29, 0.717) is 0 Å². The maximum absolute atomic E-state index is 8.88. The van der Waals surface area contributed by atoms with E-state index in [2.05, 4.69) is 0 Å². The maximum Gasteiger partial charge on any atom is 1.00 e. The van der Waals surface area contributed by atoms with Gasteiger partial charge in [0.2, 0.25) is 0 Å². The Morgan fingerprint density at radius 1 is 1.12 bits per heavy atom. The molecule has 0 unspecified atom stereocenters. The summed E-state index contributed by atoms with van der Waals surface area (Å²) < 4.78 is 8.88. The summed E-state index contributed by atoms with van der Waals surface area (Å²) in [6.45, 7) is 0. The fraction of sp³-hybridized carbons (Fsp3) is 0. The maximum atomic E-state index is 8.88. The molecule has 8 heavy (non-hydrogen) atoms. The molecular formula is H5FNaO5P. The summed E-state index contributed by atoms with van der Waals surface area (Å²) >= 11 is 0. The van der Waals surface area contributed by atoms with E-state index in [1.807, 2.05) is 0 Å². The van der Waals surface area contributed by atoms with Gasteiger partial charge in [-0.25, -0.2) is 4.57 Å². The third kappa shape index (κ3) is 252.